The Kier molecular flexibility index (Phi) is 4.39. The highest BCUT2D eigenvalue weighted by Gasteiger charge is 2.31. The number of nitro benzene ring substituents is 1. The molecule has 1 atom stereocenters. The molecule has 0 bridgehead atoms. The lowest BCUT2D eigenvalue weighted by atomic mass is 9.94. The minimum Gasteiger partial charge on any atom is -0.379 e. The number of rotatable bonds is 4. The van der Waals surface area contributed by atoms with E-state index in [1.54, 1.807) is 0 Å². The van der Waals surface area contributed by atoms with E-state index in [-0.39, 0.29) is 16.9 Å². The average molecular weight is 294 g/mol. The van der Waals surface area contributed by atoms with Crippen molar-refractivity contribution in [2.45, 2.75) is 25.3 Å². The standard InChI is InChI=1S/C13H18N4O4/c1-13(6-3-7-21-8-13)15-12(18)9-4-2-5-10(17(19)20)11(9)16-14/h2,4-5,16H,3,6-8,14H2,1H3,(H,15,18). The van der Waals surface area contributed by atoms with E-state index in [4.69, 9.17) is 10.6 Å². The molecule has 0 radical (unpaired) electrons. The lowest BCUT2D eigenvalue weighted by Crippen LogP contribution is -2.51. The number of carbonyl (C=O) groups is 1. The molecule has 0 aromatic heterocycles. The molecule has 1 unspecified atom stereocenters. The molecule has 1 aliphatic rings. The molecule has 1 heterocycles. The first kappa shape index (κ1) is 15.2. The maximum absolute atomic E-state index is 12.4. The van der Waals surface area contributed by atoms with Crippen LogP contribution in [0, 0.1) is 10.1 Å². The quantitative estimate of drug-likeness (QED) is 0.436. The Morgan fingerprint density at radius 3 is 2.86 bits per heavy atom. The van der Waals surface area contributed by atoms with Crippen molar-refractivity contribution in [2.75, 3.05) is 18.6 Å². The molecule has 1 aromatic rings. The Balaban J connectivity index is 2.26. The van der Waals surface area contributed by atoms with Gasteiger partial charge in [-0.25, -0.2) is 0 Å². The molecule has 114 valence electrons. The molecule has 1 saturated heterocycles. The van der Waals surface area contributed by atoms with E-state index < -0.39 is 16.4 Å². The average Bonchev–Trinajstić information content (AvgIpc) is 2.46. The highest BCUT2D eigenvalue weighted by atomic mass is 16.6. The van der Waals surface area contributed by atoms with E-state index in [0.717, 1.165) is 12.8 Å². The van der Waals surface area contributed by atoms with E-state index in [1.165, 1.54) is 18.2 Å². The maximum Gasteiger partial charge on any atom is 0.294 e. The highest BCUT2D eigenvalue weighted by Crippen LogP contribution is 2.28. The van der Waals surface area contributed by atoms with Crippen LogP contribution in [-0.4, -0.2) is 29.6 Å². The lowest BCUT2D eigenvalue weighted by Gasteiger charge is -2.34. The van der Waals surface area contributed by atoms with Gasteiger partial charge in [0.25, 0.3) is 11.6 Å². The van der Waals surface area contributed by atoms with Gasteiger partial charge in [0.1, 0.15) is 5.69 Å². The van der Waals surface area contributed by atoms with Crippen LogP contribution in [0.5, 0.6) is 0 Å². The third-order valence-electron chi connectivity index (χ3n) is 3.48. The second kappa shape index (κ2) is 6.06. The predicted octanol–water partition coefficient (Wildman–Crippen LogP) is 1.18. The molecular weight excluding hydrogens is 276 g/mol. The van der Waals surface area contributed by atoms with Gasteiger partial charge in [-0.1, -0.05) is 6.07 Å². The van der Waals surface area contributed by atoms with Crippen LogP contribution < -0.4 is 16.6 Å². The van der Waals surface area contributed by atoms with Crippen molar-refractivity contribution in [1.82, 2.24) is 5.32 Å². The molecule has 1 fully saturated rings. The molecule has 8 nitrogen and oxygen atoms in total. The Morgan fingerprint density at radius 2 is 2.29 bits per heavy atom. The van der Waals surface area contributed by atoms with Crippen molar-refractivity contribution >= 4 is 17.3 Å². The van der Waals surface area contributed by atoms with Crippen molar-refractivity contribution in [1.29, 1.82) is 0 Å². The number of hydrazine groups is 1. The third kappa shape index (κ3) is 3.29. The van der Waals surface area contributed by atoms with Gasteiger partial charge in [0.15, 0.2) is 0 Å². The van der Waals surface area contributed by atoms with Crippen LogP contribution in [0.4, 0.5) is 11.4 Å². The van der Waals surface area contributed by atoms with Gasteiger partial charge in [0, 0.05) is 12.7 Å². The molecule has 8 heteroatoms. The number of amides is 1. The number of carbonyl (C=O) groups excluding carboxylic acids is 1. The molecular formula is C13H18N4O4. The molecule has 0 saturated carbocycles. The number of nitro groups is 1. The van der Waals surface area contributed by atoms with Gasteiger partial charge in [0.05, 0.1) is 22.6 Å². The minimum atomic E-state index is -0.586. The van der Waals surface area contributed by atoms with Crippen molar-refractivity contribution in [2.24, 2.45) is 5.84 Å². The van der Waals surface area contributed by atoms with Crippen molar-refractivity contribution < 1.29 is 14.5 Å². The minimum absolute atomic E-state index is 0.000304. The fourth-order valence-electron chi connectivity index (χ4n) is 2.41. The zero-order valence-corrected chi connectivity index (χ0v) is 11.7. The number of hydrogen-bond donors (Lipinski definition) is 3. The van der Waals surface area contributed by atoms with Crippen LogP contribution in [0.25, 0.3) is 0 Å². The van der Waals surface area contributed by atoms with Gasteiger partial charge in [-0.2, -0.15) is 0 Å². The van der Waals surface area contributed by atoms with Gasteiger partial charge in [-0.3, -0.25) is 20.8 Å². The predicted molar refractivity (Wildman–Crippen MR) is 76.8 cm³/mol. The van der Waals surface area contributed by atoms with Crippen LogP contribution >= 0.6 is 0 Å². The lowest BCUT2D eigenvalue weighted by molar-refractivity contribution is -0.384. The van der Waals surface area contributed by atoms with E-state index >= 15 is 0 Å². The zero-order valence-electron chi connectivity index (χ0n) is 11.7. The molecule has 1 aromatic carbocycles. The van der Waals surface area contributed by atoms with Crippen LogP contribution in [-0.2, 0) is 4.74 Å². The number of hydrogen-bond acceptors (Lipinski definition) is 6. The number of para-hydroxylation sites is 1. The summed E-state index contributed by atoms with van der Waals surface area (Å²) in [5.41, 5.74) is 1.66. The molecule has 0 spiro atoms. The first-order chi connectivity index (χ1) is 9.97. The van der Waals surface area contributed by atoms with E-state index in [1.807, 2.05) is 6.92 Å². The number of nitrogens with one attached hydrogen (secondary N) is 2. The van der Waals surface area contributed by atoms with Crippen molar-refractivity contribution in [3.05, 3.63) is 33.9 Å². The molecule has 21 heavy (non-hydrogen) atoms. The molecule has 1 amide bonds. The summed E-state index contributed by atoms with van der Waals surface area (Å²) in [5.74, 6) is 4.92. The summed E-state index contributed by atoms with van der Waals surface area (Å²) < 4.78 is 5.38. The Bertz CT molecular complexity index is 555. The Labute approximate surface area is 121 Å². The smallest absolute Gasteiger partial charge is 0.294 e. The Morgan fingerprint density at radius 1 is 1.52 bits per heavy atom. The first-order valence-corrected chi connectivity index (χ1v) is 6.61. The number of anilines is 1. The number of ether oxygens (including phenoxy) is 1. The summed E-state index contributed by atoms with van der Waals surface area (Å²) >= 11 is 0. The second-order valence-electron chi connectivity index (χ2n) is 5.27. The second-order valence-corrected chi connectivity index (χ2v) is 5.27. The summed E-state index contributed by atoms with van der Waals surface area (Å²) in [6, 6.07) is 4.23. The van der Waals surface area contributed by atoms with Gasteiger partial charge in [-0.05, 0) is 25.8 Å². The SMILES string of the molecule is CC1(NC(=O)c2cccc([N+](=O)[O-])c2NN)CCCOC1. The highest BCUT2D eigenvalue weighted by molar-refractivity contribution is 6.01. The van der Waals surface area contributed by atoms with E-state index in [2.05, 4.69) is 10.7 Å². The molecule has 1 aliphatic heterocycles. The van der Waals surface area contributed by atoms with Gasteiger partial charge in [0.2, 0.25) is 0 Å². The normalized spacial score (nSPS) is 21.6. The van der Waals surface area contributed by atoms with Crippen LogP contribution in [0.2, 0.25) is 0 Å². The molecule has 0 aliphatic carbocycles. The number of benzene rings is 1. The van der Waals surface area contributed by atoms with Crippen molar-refractivity contribution in [3.63, 3.8) is 0 Å². The fourth-order valence-corrected chi connectivity index (χ4v) is 2.41. The van der Waals surface area contributed by atoms with Crippen LogP contribution in [0.1, 0.15) is 30.1 Å². The van der Waals surface area contributed by atoms with Crippen LogP contribution in [0.15, 0.2) is 18.2 Å². The number of nitrogen functional groups attached to an aromatic ring is 1. The molecule has 2 rings (SSSR count). The van der Waals surface area contributed by atoms with Gasteiger partial charge in [-0.15, -0.1) is 0 Å². The number of nitrogens with two attached hydrogens (primary N) is 1. The maximum atomic E-state index is 12.4. The van der Waals surface area contributed by atoms with Crippen LogP contribution in [0.3, 0.4) is 0 Å². The summed E-state index contributed by atoms with van der Waals surface area (Å²) in [6.07, 6.45) is 1.65. The third-order valence-corrected chi connectivity index (χ3v) is 3.48. The first-order valence-electron chi connectivity index (χ1n) is 6.61. The topological polar surface area (TPSA) is 120 Å². The van der Waals surface area contributed by atoms with Gasteiger partial charge >= 0.3 is 0 Å². The summed E-state index contributed by atoms with van der Waals surface area (Å²) in [5, 5.41) is 13.8. The zero-order chi connectivity index (χ0) is 15.5. The number of nitrogens with zero attached hydrogens (tertiary/aromatic N) is 1. The van der Waals surface area contributed by atoms with E-state index in [0.29, 0.717) is 13.2 Å². The van der Waals surface area contributed by atoms with Gasteiger partial charge < -0.3 is 15.5 Å². The summed E-state index contributed by atoms with van der Waals surface area (Å²) in [6.45, 7) is 2.98. The fraction of sp³-hybridized carbons (Fsp3) is 0.462. The van der Waals surface area contributed by atoms with E-state index in [9.17, 15) is 14.9 Å². The summed E-state index contributed by atoms with van der Waals surface area (Å²) in [4.78, 5) is 22.8. The van der Waals surface area contributed by atoms with Crippen molar-refractivity contribution in [3.8, 4) is 0 Å². The molecule has 4 N–H and O–H groups in total. The largest absolute Gasteiger partial charge is 0.379 e. The Hall–Kier alpha value is -2.19. The summed E-state index contributed by atoms with van der Waals surface area (Å²) in [7, 11) is 0. The monoisotopic (exact) mass is 294 g/mol.